The van der Waals surface area contributed by atoms with E-state index in [0.717, 1.165) is 17.6 Å². The van der Waals surface area contributed by atoms with Crippen molar-refractivity contribution in [2.45, 2.75) is 32.4 Å². The molecule has 1 aromatic carbocycles. The molecule has 0 radical (unpaired) electrons. The van der Waals surface area contributed by atoms with Crippen molar-refractivity contribution in [1.29, 1.82) is 0 Å². The van der Waals surface area contributed by atoms with Gasteiger partial charge in [0, 0.05) is 34.1 Å². The number of benzene rings is 1. The van der Waals surface area contributed by atoms with Crippen LogP contribution in [-0.4, -0.2) is 25.2 Å². The van der Waals surface area contributed by atoms with Crippen LogP contribution in [0.5, 0.6) is 0 Å². The quantitative estimate of drug-likeness (QED) is 0.862. The molecule has 2 unspecified atom stereocenters. The molecule has 1 heterocycles. The summed E-state index contributed by atoms with van der Waals surface area (Å²) in [5.41, 5.74) is 1.28. The SMILES string of the molecule is CCC1CN(c2cc(Br)ccc2Br)C(C)CN1. The van der Waals surface area contributed by atoms with Gasteiger partial charge in [-0.3, -0.25) is 0 Å². The van der Waals surface area contributed by atoms with Gasteiger partial charge in [0.25, 0.3) is 0 Å². The lowest BCUT2D eigenvalue weighted by Gasteiger charge is -2.40. The summed E-state index contributed by atoms with van der Waals surface area (Å²) in [5.74, 6) is 0. The molecule has 2 rings (SSSR count). The maximum atomic E-state index is 3.65. The summed E-state index contributed by atoms with van der Waals surface area (Å²) in [5, 5.41) is 3.58. The van der Waals surface area contributed by atoms with Gasteiger partial charge in [-0.1, -0.05) is 22.9 Å². The lowest BCUT2D eigenvalue weighted by atomic mass is 10.1. The highest BCUT2D eigenvalue weighted by molar-refractivity contribution is 9.11. The summed E-state index contributed by atoms with van der Waals surface area (Å²) in [6, 6.07) is 7.49. The predicted molar refractivity (Wildman–Crippen MR) is 80.7 cm³/mol. The molecule has 4 heteroatoms. The second kappa shape index (κ2) is 5.72. The molecule has 1 N–H and O–H groups in total. The van der Waals surface area contributed by atoms with E-state index in [1.54, 1.807) is 0 Å². The van der Waals surface area contributed by atoms with Crippen LogP contribution in [0.2, 0.25) is 0 Å². The summed E-state index contributed by atoms with van der Waals surface area (Å²) in [6.45, 7) is 6.64. The molecule has 0 amide bonds. The highest BCUT2D eigenvalue weighted by Gasteiger charge is 2.25. The number of halogens is 2. The smallest absolute Gasteiger partial charge is 0.0525 e. The second-order valence-electron chi connectivity index (χ2n) is 4.61. The molecule has 1 fully saturated rings. The average Bonchev–Trinajstić information content (AvgIpc) is 2.33. The van der Waals surface area contributed by atoms with Gasteiger partial charge in [-0.2, -0.15) is 0 Å². The Balaban J connectivity index is 2.27. The Bertz CT molecular complexity index is 395. The molecule has 0 saturated carbocycles. The third-order valence-electron chi connectivity index (χ3n) is 3.36. The molecule has 0 spiro atoms. The largest absolute Gasteiger partial charge is 0.365 e. The summed E-state index contributed by atoms with van der Waals surface area (Å²) in [6.07, 6.45) is 1.18. The average molecular weight is 362 g/mol. The Morgan fingerprint density at radius 2 is 2.18 bits per heavy atom. The van der Waals surface area contributed by atoms with E-state index >= 15 is 0 Å². The molecule has 2 nitrogen and oxygen atoms in total. The van der Waals surface area contributed by atoms with Crippen LogP contribution in [-0.2, 0) is 0 Å². The van der Waals surface area contributed by atoms with Crippen LogP contribution in [0.3, 0.4) is 0 Å². The van der Waals surface area contributed by atoms with Crippen LogP contribution in [0.15, 0.2) is 27.1 Å². The van der Waals surface area contributed by atoms with Gasteiger partial charge in [0.1, 0.15) is 0 Å². The normalized spacial score (nSPS) is 25.1. The highest BCUT2D eigenvalue weighted by atomic mass is 79.9. The first kappa shape index (κ1) is 13.4. The van der Waals surface area contributed by atoms with E-state index in [9.17, 15) is 0 Å². The van der Waals surface area contributed by atoms with Crippen molar-refractivity contribution >= 4 is 37.5 Å². The van der Waals surface area contributed by atoms with E-state index in [2.05, 4.69) is 74.1 Å². The Kier molecular flexibility index (Phi) is 4.50. The minimum absolute atomic E-state index is 0.531. The van der Waals surface area contributed by atoms with Gasteiger partial charge in [0.2, 0.25) is 0 Å². The van der Waals surface area contributed by atoms with Crippen LogP contribution < -0.4 is 10.2 Å². The fourth-order valence-corrected chi connectivity index (χ4v) is 3.07. The monoisotopic (exact) mass is 360 g/mol. The molecule has 1 aliphatic rings. The van der Waals surface area contributed by atoms with Crippen LogP contribution in [0.25, 0.3) is 0 Å². The van der Waals surface area contributed by atoms with Crippen molar-refractivity contribution < 1.29 is 0 Å². The van der Waals surface area contributed by atoms with Crippen LogP contribution >= 0.6 is 31.9 Å². The topological polar surface area (TPSA) is 15.3 Å². The van der Waals surface area contributed by atoms with Crippen molar-refractivity contribution in [2.75, 3.05) is 18.0 Å². The Hall–Kier alpha value is -0.0600. The molecule has 0 bridgehead atoms. The first-order valence-corrected chi connectivity index (χ1v) is 7.65. The minimum atomic E-state index is 0.531. The molecule has 0 aliphatic carbocycles. The van der Waals surface area contributed by atoms with Crippen molar-refractivity contribution in [3.8, 4) is 0 Å². The highest BCUT2D eigenvalue weighted by Crippen LogP contribution is 2.31. The third kappa shape index (κ3) is 3.04. The van der Waals surface area contributed by atoms with E-state index in [1.165, 1.54) is 16.6 Å². The zero-order valence-electron chi connectivity index (χ0n) is 10.2. The number of nitrogens with zero attached hydrogens (tertiary/aromatic N) is 1. The standard InChI is InChI=1S/C13H18Br2N2/c1-3-11-8-17(9(2)7-16-11)13-6-10(14)4-5-12(13)15/h4-6,9,11,16H,3,7-8H2,1-2H3. The first-order chi connectivity index (χ1) is 8.11. The number of rotatable bonds is 2. The number of nitrogens with one attached hydrogen (secondary N) is 1. The van der Waals surface area contributed by atoms with Gasteiger partial charge in [0.05, 0.1) is 5.69 Å². The van der Waals surface area contributed by atoms with Crippen molar-refractivity contribution in [3.05, 3.63) is 27.1 Å². The van der Waals surface area contributed by atoms with Crippen LogP contribution in [0, 0.1) is 0 Å². The molecule has 17 heavy (non-hydrogen) atoms. The number of anilines is 1. The maximum absolute atomic E-state index is 3.65. The zero-order chi connectivity index (χ0) is 12.4. The Morgan fingerprint density at radius 1 is 1.41 bits per heavy atom. The van der Waals surface area contributed by atoms with E-state index in [1.807, 2.05) is 0 Å². The molecule has 1 saturated heterocycles. The van der Waals surface area contributed by atoms with E-state index < -0.39 is 0 Å². The molecule has 2 atom stereocenters. The fraction of sp³-hybridized carbons (Fsp3) is 0.538. The van der Waals surface area contributed by atoms with E-state index in [-0.39, 0.29) is 0 Å². The minimum Gasteiger partial charge on any atom is -0.365 e. The lowest BCUT2D eigenvalue weighted by molar-refractivity contribution is 0.397. The lowest BCUT2D eigenvalue weighted by Crippen LogP contribution is -2.55. The van der Waals surface area contributed by atoms with Crippen molar-refractivity contribution in [3.63, 3.8) is 0 Å². The van der Waals surface area contributed by atoms with Crippen LogP contribution in [0.4, 0.5) is 5.69 Å². The molecule has 0 aromatic heterocycles. The van der Waals surface area contributed by atoms with Gasteiger partial charge >= 0.3 is 0 Å². The van der Waals surface area contributed by atoms with Gasteiger partial charge in [-0.15, -0.1) is 0 Å². The molecular formula is C13H18Br2N2. The molecular weight excluding hydrogens is 344 g/mol. The molecule has 94 valence electrons. The van der Waals surface area contributed by atoms with Gasteiger partial charge in [-0.25, -0.2) is 0 Å². The van der Waals surface area contributed by atoms with Crippen molar-refractivity contribution in [1.82, 2.24) is 5.32 Å². The maximum Gasteiger partial charge on any atom is 0.0525 e. The summed E-state index contributed by atoms with van der Waals surface area (Å²) < 4.78 is 2.30. The van der Waals surface area contributed by atoms with E-state index in [4.69, 9.17) is 0 Å². The van der Waals surface area contributed by atoms with E-state index in [0.29, 0.717) is 12.1 Å². The Labute approximate surface area is 120 Å². The van der Waals surface area contributed by atoms with Gasteiger partial charge in [-0.05, 0) is 47.5 Å². The zero-order valence-corrected chi connectivity index (χ0v) is 13.4. The second-order valence-corrected chi connectivity index (χ2v) is 6.38. The predicted octanol–water partition coefficient (Wildman–Crippen LogP) is 3.79. The summed E-state index contributed by atoms with van der Waals surface area (Å²) in [7, 11) is 0. The summed E-state index contributed by atoms with van der Waals surface area (Å²) in [4.78, 5) is 2.49. The third-order valence-corrected chi connectivity index (χ3v) is 4.53. The number of hydrogen-bond donors (Lipinski definition) is 1. The Morgan fingerprint density at radius 3 is 2.88 bits per heavy atom. The number of hydrogen-bond acceptors (Lipinski definition) is 2. The summed E-state index contributed by atoms with van der Waals surface area (Å²) >= 11 is 7.20. The van der Waals surface area contributed by atoms with Gasteiger partial charge in [0.15, 0.2) is 0 Å². The first-order valence-electron chi connectivity index (χ1n) is 6.07. The molecule has 1 aliphatic heterocycles. The van der Waals surface area contributed by atoms with Crippen LogP contribution in [0.1, 0.15) is 20.3 Å². The molecule has 1 aromatic rings. The number of piperazine rings is 1. The fourth-order valence-electron chi connectivity index (χ4n) is 2.24. The van der Waals surface area contributed by atoms with Crippen molar-refractivity contribution in [2.24, 2.45) is 0 Å². The van der Waals surface area contributed by atoms with Gasteiger partial charge < -0.3 is 10.2 Å².